The number of alkyl halides is 6. The van der Waals surface area contributed by atoms with Crippen molar-refractivity contribution in [3.8, 4) is 0 Å². The maximum atomic E-state index is 12.6. The molecule has 114 valence electrons. The number of nitrogens with one attached hydrogen (secondary N) is 1. The molecule has 0 aliphatic heterocycles. The van der Waals surface area contributed by atoms with Gasteiger partial charge in [0, 0.05) is 12.1 Å². The van der Waals surface area contributed by atoms with E-state index < -0.39 is 31.5 Å². The van der Waals surface area contributed by atoms with Crippen LogP contribution in [0.5, 0.6) is 0 Å². The van der Waals surface area contributed by atoms with E-state index >= 15 is 0 Å². The van der Waals surface area contributed by atoms with Crippen LogP contribution in [0.4, 0.5) is 26.3 Å². The zero-order valence-corrected chi connectivity index (χ0v) is 10.2. The van der Waals surface area contributed by atoms with Crippen LogP contribution in [0.3, 0.4) is 0 Å². The molecule has 0 amide bonds. The molecular formula is C11H12F6N2O. The van der Waals surface area contributed by atoms with Gasteiger partial charge >= 0.3 is 12.4 Å². The van der Waals surface area contributed by atoms with Gasteiger partial charge in [0.15, 0.2) is 0 Å². The first-order valence-electron chi connectivity index (χ1n) is 5.93. The van der Waals surface area contributed by atoms with Crippen LogP contribution in [0, 0.1) is 5.92 Å². The van der Waals surface area contributed by atoms with Crippen LogP contribution >= 0.6 is 0 Å². The van der Waals surface area contributed by atoms with E-state index in [1.54, 1.807) is 0 Å². The molecule has 0 bridgehead atoms. The van der Waals surface area contributed by atoms with Gasteiger partial charge in [0.05, 0.1) is 11.6 Å². The highest BCUT2D eigenvalue weighted by Gasteiger charge is 2.42. The smallest absolute Gasteiger partial charge is 0.364 e. The number of aromatic amines is 1. The standard InChI is InChI=1S/C11H12F6N2O/c12-10(13,14)5-20-4-9-18-7-2-1-6(11(15,16)17)3-8(7)19-9/h6H,1-5H2,(H,18,19). The fourth-order valence-corrected chi connectivity index (χ4v) is 2.15. The van der Waals surface area contributed by atoms with Crippen LogP contribution in [0.1, 0.15) is 23.6 Å². The Kier molecular flexibility index (Phi) is 3.99. The number of aromatic nitrogens is 2. The number of aryl methyl sites for hydroxylation is 1. The van der Waals surface area contributed by atoms with Gasteiger partial charge in [-0.25, -0.2) is 4.98 Å². The minimum atomic E-state index is -4.44. The van der Waals surface area contributed by atoms with Crippen LogP contribution in [0.25, 0.3) is 0 Å². The number of ether oxygens (including phenoxy) is 1. The molecule has 0 spiro atoms. The molecule has 1 aliphatic carbocycles. The number of H-pyrrole nitrogens is 1. The average molecular weight is 302 g/mol. The summed E-state index contributed by atoms with van der Waals surface area (Å²) in [5.74, 6) is -1.30. The van der Waals surface area contributed by atoms with E-state index in [0.29, 0.717) is 11.4 Å². The molecule has 1 unspecified atom stereocenters. The molecule has 0 aromatic carbocycles. The summed E-state index contributed by atoms with van der Waals surface area (Å²) < 4.78 is 77.9. The zero-order valence-electron chi connectivity index (χ0n) is 10.2. The molecular weight excluding hydrogens is 290 g/mol. The van der Waals surface area contributed by atoms with Crippen molar-refractivity contribution in [1.82, 2.24) is 9.97 Å². The molecule has 1 aliphatic rings. The molecule has 20 heavy (non-hydrogen) atoms. The third-order valence-electron chi connectivity index (χ3n) is 3.06. The van der Waals surface area contributed by atoms with Crippen molar-refractivity contribution in [3.63, 3.8) is 0 Å². The van der Waals surface area contributed by atoms with Crippen LogP contribution < -0.4 is 0 Å². The monoisotopic (exact) mass is 302 g/mol. The molecule has 1 aromatic heterocycles. The predicted octanol–water partition coefficient (Wildman–Crippen LogP) is 3.16. The minimum Gasteiger partial charge on any atom is -0.364 e. The van der Waals surface area contributed by atoms with E-state index in [4.69, 9.17) is 0 Å². The summed E-state index contributed by atoms with van der Waals surface area (Å²) in [6.45, 7) is -1.81. The Morgan fingerprint density at radius 3 is 2.50 bits per heavy atom. The quantitative estimate of drug-likeness (QED) is 0.871. The summed E-state index contributed by atoms with van der Waals surface area (Å²) >= 11 is 0. The summed E-state index contributed by atoms with van der Waals surface area (Å²) in [7, 11) is 0. The predicted molar refractivity (Wildman–Crippen MR) is 55.9 cm³/mol. The van der Waals surface area contributed by atoms with E-state index in [9.17, 15) is 26.3 Å². The van der Waals surface area contributed by atoms with Gasteiger partial charge in [-0.3, -0.25) is 0 Å². The van der Waals surface area contributed by atoms with Crippen molar-refractivity contribution in [1.29, 1.82) is 0 Å². The van der Waals surface area contributed by atoms with Crippen LogP contribution in [-0.2, 0) is 24.2 Å². The summed E-state index contributed by atoms with van der Waals surface area (Å²) in [6, 6.07) is 0. The SMILES string of the molecule is FC(F)(F)COCc1nc2c([nH]1)CC(C(F)(F)F)CC2. The molecule has 9 heteroatoms. The zero-order chi connectivity index (χ0) is 15.0. The maximum Gasteiger partial charge on any atom is 0.411 e. The normalized spacial score (nSPS) is 20.0. The molecule has 0 saturated carbocycles. The Morgan fingerprint density at radius 2 is 1.90 bits per heavy atom. The highest BCUT2D eigenvalue weighted by atomic mass is 19.4. The maximum absolute atomic E-state index is 12.6. The van der Waals surface area contributed by atoms with Crippen LogP contribution in [0.2, 0.25) is 0 Å². The molecule has 1 aromatic rings. The van der Waals surface area contributed by atoms with Gasteiger partial charge in [0.1, 0.15) is 19.0 Å². The highest BCUT2D eigenvalue weighted by molar-refractivity contribution is 5.19. The topological polar surface area (TPSA) is 37.9 Å². The van der Waals surface area contributed by atoms with Gasteiger partial charge in [-0.05, 0) is 12.8 Å². The van der Waals surface area contributed by atoms with Crippen LogP contribution in [-0.4, -0.2) is 28.9 Å². The number of halogens is 6. The number of imidazole rings is 1. The first-order chi connectivity index (χ1) is 9.15. The third kappa shape index (κ3) is 3.87. The number of hydrogen-bond donors (Lipinski definition) is 1. The second-order valence-corrected chi connectivity index (χ2v) is 4.70. The first kappa shape index (κ1) is 15.1. The second kappa shape index (κ2) is 5.27. The fraction of sp³-hybridized carbons (Fsp3) is 0.727. The lowest BCUT2D eigenvalue weighted by molar-refractivity contribution is -0.178. The van der Waals surface area contributed by atoms with Gasteiger partial charge in [-0.2, -0.15) is 26.3 Å². The van der Waals surface area contributed by atoms with Gasteiger partial charge in [0.25, 0.3) is 0 Å². The number of fused-ring (bicyclic) bond motifs is 1. The molecule has 0 radical (unpaired) electrons. The van der Waals surface area contributed by atoms with E-state index in [2.05, 4.69) is 14.7 Å². The molecule has 2 rings (SSSR count). The minimum absolute atomic E-state index is 0.0514. The van der Waals surface area contributed by atoms with Gasteiger partial charge in [-0.15, -0.1) is 0 Å². The second-order valence-electron chi connectivity index (χ2n) is 4.70. The van der Waals surface area contributed by atoms with Crippen molar-refractivity contribution < 1.29 is 31.1 Å². The average Bonchev–Trinajstić information content (AvgIpc) is 2.67. The lowest BCUT2D eigenvalue weighted by atomic mass is 9.89. The summed E-state index contributed by atoms with van der Waals surface area (Å²) in [4.78, 5) is 6.59. The Balaban J connectivity index is 1.95. The number of nitrogens with zero attached hydrogens (tertiary/aromatic N) is 1. The summed E-state index contributed by atoms with van der Waals surface area (Å²) in [5.41, 5.74) is 0.820. The third-order valence-corrected chi connectivity index (χ3v) is 3.06. The summed E-state index contributed by atoms with van der Waals surface area (Å²) in [5, 5.41) is 0. The Labute approximate surface area is 110 Å². The van der Waals surface area contributed by atoms with Crippen molar-refractivity contribution in [2.75, 3.05) is 6.61 Å². The molecule has 0 saturated heterocycles. The van der Waals surface area contributed by atoms with Crippen molar-refractivity contribution in [3.05, 3.63) is 17.2 Å². The first-order valence-corrected chi connectivity index (χ1v) is 5.93. The molecule has 3 nitrogen and oxygen atoms in total. The Bertz CT molecular complexity index is 464. The van der Waals surface area contributed by atoms with Crippen molar-refractivity contribution in [2.24, 2.45) is 5.92 Å². The van der Waals surface area contributed by atoms with Gasteiger partial charge in [0.2, 0.25) is 0 Å². The Morgan fingerprint density at radius 1 is 1.20 bits per heavy atom. The highest BCUT2D eigenvalue weighted by Crippen LogP contribution is 2.36. The lowest BCUT2D eigenvalue weighted by Gasteiger charge is -2.23. The molecule has 0 fully saturated rings. The van der Waals surface area contributed by atoms with E-state index in [1.807, 2.05) is 0 Å². The van der Waals surface area contributed by atoms with E-state index in [-0.39, 0.29) is 25.1 Å². The summed E-state index contributed by atoms with van der Waals surface area (Å²) in [6.07, 6.45) is -8.81. The van der Waals surface area contributed by atoms with E-state index in [1.165, 1.54) is 0 Å². The van der Waals surface area contributed by atoms with Gasteiger partial charge in [-0.1, -0.05) is 0 Å². The van der Waals surface area contributed by atoms with Crippen LogP contribution in [0.15, 0.2) is 0 Å². The van der Waals surface area contributed by atoms with Gasteiger partial charge < -0.3 is 9.72 Å². The Hall–Kier alpha value is -1.25. The molecule has 1 atom stereocenters. The largest absolute Gasteiger partial charge is 0.411 e. The fourth-order valence-electron chi connectivity index (χ4n) is 2.15. The number of rotatable bonds is 3. The molecule has 1 N–H and O–H groups in total. The van der Waals surface area contributed by atoms with Crippen molar-refractivity contribution >= 4 is 0 Å². The molecule has 1 heterocycles. The number of hydrogen-bond acceptors (Lipinski definition) is 2. The van der Waals surface area contributed by atoms with E-state index in [0.717, 1.165) is 0 Å². The van der Waals surface area contributed by atoms with Crippen molar-refractivity contribution in [2.45, 2.75) is 38.2 Å². The lowest BCUT2D eigenvalue weighted by Crippen LogP contribution is -2.28.